The van der Waals surface area contributed by atoms with Crippen LogP contribution in [-0.4, -0.2) is 25.0 Å². The molecule has 1 aliphatic heterocycles. The van der Waals surface area contributed by atoms with E-state index in [2.05, 4.69) is 4.90 Å². The Bertz CT molecular complexity index is 768. The van der Waals surface area contributed by atoms with Gasteiger partial charge in [-0.05, 0) is 31.0 Å². The van der Waals surface area contributed by atoms with Gasteiger partial charge in [0.2, 0.25) is 5.91 Å². The van der Waals surface area contributed by atoms with Gasteiger partial charge in [0.25, 0.3) is 0 Å². The first kappa shape index (κ1) is 16.1. The molecule has 0 fully saturated rings. The normalized spacial score (nSPS) is 19.7. The van der Waals surface area contributed by atoms with Crippen molar-refractivity contribution in [2.75, 3.05) is 12.0 Å². The average Bonchev–Trinajstić information content (AvgIpc) is 3.04. The van der Waals surface area contributed by atoms with E-state index < -0.39 is 5.97 Å². The summed E-state index contributed by atoms with van der Waals surface area (Å²) in [6, 6.07) is 9.39. The third-order valence-corrected chi connectivity index (χ3v) is 4.54. The number of carbonyl (C=O) groups is 2. The molecule has 0 aliphatic carbocycles. The Hall–Kier alpha value is -2.76. The number of nitrogens with two attached hydrogens (primary N) is 1. The van der Waals surface area contributed by atoms with Crippen LogP contribution < -0.4 is 10.6 Å². The molecular weight excluding hydrogens is 308 g/mol. The van der Waals surface area contributed by atoms with Gasteiger partial charge in [-0.15, -0.1) is 0 Å². The van der Waals surface area contributed by atoms with Gasteiger partial charge < -0.3 is 19.8 Å². The number of hydrogen-bond acceptors (Lipinski definition) is 5. The topological polar surface area (TPSA) is 85.8 Å². The molecule has 2 heterocycles. The van der Waals surface area contributed by atoms with E-state index in [1.54, 1.807) is 6.07 Å². The number of nitrogens with zero attached hydrogens (tertiary/aromatic N) is 1. The zero-order valence-electron chi connectivity index (χ0n) is 13.7. The summed E-state index contributed by atoms with van der Waals surface area (Å²) in [5.41, 5.74) is 7.84. The van der Waals surface area contributed by atoms with Gasteiger partial charge in [-0.3, -0.25) is 4.79 Å². The molecule has 0 saturated carbocycles. The van der Waals surface area contributed by atoms with E-state index in [9.17, 15) is 9.59 Å². The number of anilines is 1. The molecule has 0 saturated heterocycles. The summed E-state index contributed by atoms with van der Waals surface area (Å²) < 4.78 is 10.3. The van der Waals surface area contributed by atoms with Crippen LogP contribution in [0.4, 0.5) is 5.69 Å². The first-order valence-electron chi connectivity index (χ1n) is 7.82. The molecule has 1 aromatic carbocycles. The highest BCUT2D eigenvalue weighted by atomic mass is 16.5. The number of methoxy groups -OCH3 is 1. The number of ether oxygens (including phenoxy) is 1. The number of esters is 1. The van der Waals surface area contributed by atoms with E-state index >= 15 is 0 Å². The van der Waals surface area contributed by atoms with Crippen molar-refractivity contribution in [3.05, 3.63) is 53.5 Å². The molecule has 6 nitrogen and oxygen atoms in total. The Labute approximate surface area is 140 Å². The summed E-state index contributed by atoms with van der Waals surface area (Å²) in [4.78, 5) is 25.8. The summed E-state index contributed by atoms with van der Waals surface area (Å²) in [5, 5.41) is 0. The lowest BCUT2D eigenvalue weighted by Gasteiger charge is -2.39. The van der Waals surface area contributed by atoms with Crippen LogP contribution in [0.5, 0.6) is 0 Å². The number of carbonyl (C=O) groups excluding carboxylic acids is 2. The minimum atomic E-state index is -0.424. The van der Waals surface area contributed by atoms with Crippen molar-refractivity contribution < 1.29 is 18.7 Å². The summed E-state index contributed by atoms with van der Waals surface area (Å²) >= 11 is 0. The summed E-state index contributed by atoms with van der Waals surface area (Å²) in [7, 11) is 1.34. The van der Waals surface area contributed by atoms with Gasteiger partial charge in [-0.1, -0.05) is 18.2 Å². The first-order valence-corrected chi connectivity index (χ1v) is 7.82. The molecule has 0 spiro atoms. The lowest BCUT2D eigenvalue weighted by atomic mass is 9.85. The van der Waals surface area contributed by atoms with Crippen LogP contribution in [0.3, 0.4) is 0 Å². The van der Waals surface area contributed by atoms with E-state index in [4.69, 9.17) is 14.9 Å². The molecule has 6 heteroatoms. The zero-order valence-corrected chi connectivity index (χ0v) is 13.7. The molecule has 1 amide bonds. The SMILES string of the molecule is COC(=O)c1ccoc1CN1c2ccccc2[C@@H](C(N)=O)C[C@H]1C. The molecular formula is C18H20N2O4. The molecule has 0 unspecified atom stereocenters. The minimum absolute atomic E-state index is 0.0768. The molecule has 1 aliphatic rings. The predicted octanol–water partition coefficient (Wildman–Crippen LogP) is 2.43. The monoisotopic (exact) mass is 328 g/mol. The van der Waals surface area contributed by atoms with E-state index in [1.165, 1.54) is 13.4 Å². The lowest BCUT2D eigenvalue weighted by Crippen LogP contribution is -2.41. The molecule has 2 aromatic rings. The Kier molecular flexibility index (Phi) is 4.29. The number of fused-ring (bicyclic) bond motifs is 1. The zero-order chi connectivity index (χ0) is 17.3. The molecule has 0 radical (unpaired) electrons. The van der Waals surface area contributed by atoms with Gasteiger partial charge >= 0.3 is 5.97 Å². The second-order valence-electron chi connectivity index (χ2n) is 5.98. The maximum absolute atomic E-state index is 11.8. The minimum Gasteiger partial charge on any atom is -0.467 e. The van der Waals surface area contributed by atoms with Crippen molar-refractivity contribution >= 4 is 17.6 Å². The largest absolute Gasteiger partial charge is 0.467 e. The second kappa shape index (κ2) is 6.39. The van der Waals surface area contributed by atoms with Crippen molar-refractivity contribution in [2.45, 2.75) is 31.8 Å². The Morgan fingerprint density at radius 1 is 1.33 bits per heavy atom. The molecule has 2 atom stereocenters. The van der Waals surface area contributed by atoms with Crippen molar-refractivity contribution in [1.82, 2.24) is 0 Å². The fourth-order valence-electron chi connectivity index (χ4n) is 3.30. The highest BCUT2D eigenvalue weighted by Crippen LogP contribution is 2.39. The van der Waals surface area contributed by atoms with E-state index in [-0.39, 0.29) is 17.9 Å². The fraction of sp³-hybridized carbons (Fsp3) is 0.333. The van der Waals surface area contributed by atoms with Crippen LogP contribution in [0.25, 0.3) is 0 Å². The van der Waals surface area contributed by atoms with E-state index in [0.717, 1.165) is 11.3 Å². The Morgan fingerprint density at radius 3 is 2.79 bits per heavy atom. The predicted molar refractivity (Wildman–Crippen MR) is 88.7 cm³/mol. The molecule has 126 valence electrons. The summed E-state index contributed by atoms with van der Waals surface area (Å²) in [6.45, 7) is 2.45. The molecule has 3 rings (SSSR count). The highest BCUT2D eigenvalue weighted by molar-refractivity contribution is 5.90. The quantitative estimate of drug-likeness (QED) is 0.871. The third kappa shape index (κ3) is 2.75. The lowest BCUT2D eigenvalue weighted by molar-refractivity contribution is -0.119. The summed E-state index contributed by atoms with van der Waals surface area (Å²) in [6.07, 6.45) is 2.11. The maximum atomic E-state index is 11.8. The van der Waals surface area contributed by atoms with Crippen LogP contribution in [0.15, 0.2) is 41.0 Å². The van der Waals surface area contributed by atoms with Crippen molar-refractivity contribution in [3.8, 4) is 0 Å². The number of para-hydroxylation sites is 1. The van der Waals surface area contributed by atoms with Gasteiger partial charge in [-0.25, -0.2) is 4.79 Å². The van der Waals surface area contributed by atoms with Crippen LogP contribution in [-0.2, 0) is 16.1 Å². The van der Waals surface area contributed by atoms with E-state index in [0.29, 0.717) is 24.3 Å². The smallest absolute Gasteiger partial charge is 0.341 e. The van der Waals surface area contributed by atoms with Crippen molar-refractivity contribution in [2.24, 2.45) is 5.73 Å². The van der Waals surface area contributed by atoms with Gasteiger partial charge in [0.15, 0.2) is 0 Å². The summed E-state index contributed by atoms with van der Waals surface area (Å²) in [5.74, 6) is -0.501. The number of amides is 1. The van der Waals surface area contributed by atoms with Crippen LogP contribution >= 0.6 is 0 Å². The average molecular weight is 328 g/mol. The van der Waals surface area contributed by atoms with Gasteiger partial charge in [-0.2, -0.15) is 0 Å². The van der Waals surface area contributed by atoms with Crippen LogP contribution in [0.2, 0.25) is 0 Å². The van der Waals surface area contributed by atoms with E-state index in [1.807, 2.05) is 31.2 Å². The van der Waals surface area contributed by atoms with Gasteiger partial charge in [0, 0.05) is 11.7 Å². The Balaban J connectivity index is 1.97. The Morgan fingerprint density at radius 2 is 2.08 bits per heavy atom. The second-order valence-corrected chi connectivity index (χ2v) is 5.98. The fourth-order valence-corrected chi connectivity index (χ4v) is 3.30. The number of hydrogen-bond donors (Lipinski definition) is 1. The number of furan rings is 1. The standard InChI is InChI=1S/C18H20N2O4/c1-11-9-14(17(19)21)12-5-3-4-6-15(12)20(11)10-16-13(7-8-24-16)18(22)23-2/h3-8,11,14H,9-10H2,1-2H3,(H2,19,21)/t11-,14+/m1/s1. The first-order chi connectivity index (χ1) is 11.5. The third-order valence-electron chi connectivity index (χ3n) is 4.54. The van der Waals surface area contributed by atoms with Crippen LogP contribution in [0, 0.1) is 0 Å². The maximum Gasteiger partial charge on any atom is 0.341 e. The van der Waals surface area contributed by atoms with Crippen molar-refractivity contribution in [1.29, 1.82) is 0 Å². The number of primary amides is 1. The van der Waals surface area contributed by atoms with Crippen LogP contribution in [0.1, 0.15) is 40.9 Å². The molecule has 2 N–H and O–H groups in total. The highest BCUT2D eigenvalue weighted by Gasteiger charge is 2.34. The number of benzene rings is 1. The molecule has 24 heavy (non-hydrogen) atoms. The molecule has 0 bridgehead atoms. The molecule has 1 aromatic heterocycles. The van der Waals surface area contributed by atoms with Gasteiger partial charge in [0.1, 0.15) is 11.3 Å². The van der Waals surface area contributed by atoms with Crippen molar-refractivity contribution in [3.63, 3.8) is 0 Å². The number of rotatable bonds is 4. The van der Waals surface area contributed by atoms with Gasteiger partial charge in [0.05, 0.1) is 25.8 Å².